The summed E-state index contributed by atoms with van der Waals surface area (Å²) in [6, 6.07) is 16.7. The van der Waals surface area contributed by atoms with E-state index >= 15 is 0 Å². The van der Waals surface area contributed by atoms with E-state index in [-0.39, 0.29) is 69.8 Å². The second-order valence-corrected chi connectivity index (χ2v) is 16.5. The number of nitrogens with two attached hydrogens (primary N) is 1. The molecule has 59 heavy (non-hydrogen) atoms. The average molecular weight is 850 g/mol. The van der Waals surface area contributed by atoms with E-state index in [1.807, 2.05) is 59.5 Å². The summed E-state index contributed by atoms with van der Waals surface area (Å²) in [5, 5.41) is 15.6. The molecule has 0 saturated heterocycles. The summed E-state index contributed by atoms with van der Waals surface area (Å²) in [4.78, 5) is 55.2. The lowest BCUT2D eigenvalue weighted by Crippen LogP contribution is -2.35. The van der Waals surface area contributed by atoms with Crippen LogP contribution in [-0.4, -0.2) is 95.3 Å². The summed E-state index contributed by atoms with van der Waals surface area (Å²) in [7, 11) is -4.15. The number of nitrogens with zero attached hydrogens (tertiary/aromatic N) is 5. The van der Waals surface area contributed by atoms with Gasteiger partial charge in [-0.3, -0.25) is 4.55 Å². The number of anilines is 2. The van der Waals surface area contributed by atoms with Crippen LogP contribution in [0.4, 0.5) is 21.2 Å². The third-order valence-corrected chi connectivity index (χ3v) is 9.90. The summed E-state index contributed by atoms with van der Waals surface area (Å²) in [6.45, 7) is 5.82. The predicted octanol–water partition coefficient (Wildman–Crippen LogP) is 4.71. The van der Waals surface area contributed by atoms with Crippen molar-refractivity contribution in [2.24, 2.45) is 0 Å². The minimum Gasteiger partial charge on any atom is -0.471 e. The zero-order chi connectivity index (χ0) is 42.6. The van der Waals surface area contributed by atoms with Gasteiger partial charge in [0.1, 0.15) is 37.1 Å². The molecule has 3 aromatic heterocycles. The summed E-state index contributed by atoms with van der Waals surface area (Å²) < 4.78 is 53.5. The summed E-state index contributed by atoms with van der Waals surface area (Å²) >= 11 is 1.35. The van der Waals surface area contributed by atoms with Gasteiger partial charge in [-0.1, -0.05) is 30.3 Å². The maximum Gasteiger partial charge on any atom is 0.407 e. The first-order valence-electron chi connectivity index (χ1n) is 18.1. The monoisotopic (exact) mass is 849 g/mol. The number of carbonyl (C=O) groups excluding carboxylic acids is 3. The number of esters is 1. The number of aromatic amines is 1. The molecule has 6 N–H and O–H groups in total. The molecule has 2 aromatic carbocycles. The smallest absolute Gasteiger partial charge is 0.407 e. The van der Waals surface area contributed by atoms with Gasteiger partial charge in [0.05, 0.1) is 25.2 Å². The first-order chi connectivity index (χ1) is 28.0. The van der Waals surface area contributed by atoms with E-state index < -0.39 is 39.6 Å². The van der Waals surface area contributed by atoms with Crippen LogP contribution in [0, 0.1) is 11.3 Å². The third-order valence-electron chi connectivity index (χ3n) is 8.05. The molecule has 3 heterocycles. The van der Waals surface area contributed by atoms with Crippen LogP contribution < -0.4 is 26.0 Å². The van der Waals surface area contributed by atoms with Gasteiger partial charge in [-0.2, -0.15) is 23.6 Å². The van der Waals surface area contributed by atoms with Gasteiger partial charge in [-0.05, 0) is 68.0 Å². The number of H-pyrrole nitrogens is 1. The number of thiophene rings is 1. The van der Waals surface area contributed by atoms with Crippen LogP contribution in [0.2, 0.25) is 0 Å². The number of nitrogen functional groups attached to an aromatic ring is 1. The van der Waals surface area contributed by atoms with Crippen molar-refractivity contribution < 1.29 is 46.3 Å². The first kappa shape index (κ1) is 43.6. The summed E-state index contributed by atoms with van der Waals surface area (Å²) in [5.74, 6) is -0.917. The number of aromatic nitrogens is 4. The molecule has 0 fully saturated rings. The van der Waals surface area contributed by atoms with Gasteiger partial charge in [-0.25, -0.2) is 19.4 Å². The fourth-order valence-electron chi connectivity index (χ4n) is 5.34. The Balaban J connectivity index is 1.17. The van der Waals surface area contributed by atoms with Crippen molar-refractivity contribution in [3.63, 3.8) is 0 Å². The fraction of sp³-hybridized carbons (Fsp3) is 0.342. The molecule has 0 aliphatic carbocycles. The highest BCUT2D eigenvalue weighted by atomic mass is 32.2. The fourth-order valence-corrected chi connectivity index (χ4v) is 6.89. The summed E-state index contributed by atoms with van der Waals surface area (Å²) in [6.07, 6.45) is 1.54. The molecule has 0 unspecified atom stereocenters. The molecule has 2 amide bonds. The zero-order valence-corrected chi connectivity index (χ0v) is 34.0. The standard InChI is InChI=1S/C38H43N9O10S2/c1-38(2,3)57-34(48)27(20-39)18-29-17-26-9-10-28(19-30(26)58-29)47(12-14-54-36(49)41-11-4-16-59(51,52)53)13-15-55-37(50)42-21-24-5-7-25(8-6-24)22-56-33-31-32(44-23-43-31)45-35(40)46-33/h5-10,17-19,23H,4,11-16,21-22H2,1-3H3,(H,41,49)(H,42,50)(H,51,52,53)(H3,40,43,44,45,46)/b27-18+. The van der Waals surface area contributed by atoms with Gasteiger partial charge >= 0.3 is 18.2 Å². The molecule has 21 heteroatoms. The van der Waals surface area contributed by atoms with Gasteiger partial charge in [0, 0.05) is 28.4 Å². The van der Waals surface area contributed by atoms with Crippen LogP contribution in [0.5, 0.6) is 5.88 Å². The molecule has 0 aliphatic rings. The van der Waals surface area contributed by atoms with E-state index in [2.05, 4.69) is 30.6 Å². The number of ether oxygens (including phenoxy) is 4. The first-order valence-corrected chi connectivity index (χ1v) is 20.5. The summed E-state index contributed by atoms with van der Waals surface area (Å²) in [5.41, 5.74) is 8.16. The Hall–Kier alpha value is -6.50. The number of fused-ring (bicyclic) bond motifs is 2. The van der Waals surface area contributed by atoms with E-state index in [9.17, 15) is 28.1 Å². The van der Waals surface area contributed by atoms with Crippen molar-refractivity contribution in [2.75, 3.05) is 49.2 Å². The van der Waals surface area contributed by atoms with Crippen LogP contribution in [0.1, 0.15) is 43.2 Å². The maximum atomic E-state index is 12.7. The Morgan fingerprint density at radius 3 is 2.39 bits per heavy atom. The molecule has 0 atom stereocenters. The second kappa shape index (κ2) is 19.8. The van der Waals surface area contributed by atoms with Crippen molar-refractivity contribution in [3.8, 4) is 11.9 Å². The Morgan fingerprint density at radius 2 is 1.71 bits per heavy atom. The Labute approximate surface area is 343 Å². The molecule has 5 rings (SSSR count). The zero-order valence-electron chi connectivity index (χ0n) is 32.4. The molecule has 5 aromatic rings. The quantitative estimate of drug-likeness (QED) is 0.0199. The molecule has 0 bridgehead atoms. The predicted molar refractivity (Wildman–Crippen MR) is 219 cm³/mol. The number of imidazole rings is 1. The van der Waals surface area contributed by atoms with Gasteiger partial charge in [0.2, 0.25) is 11.8 Å². The van der Waals surface area contributed by atoms with Gasteiger partial charge in [-0.15, -0.1) is 11.3 Å². The number of rotatable bonds is 18. The van der Waals surface area contributed by atoms with Crippen LogP contribution >= 0.6 is 11.3 Å². The number of amides is 2. The topological polar surface area (TPSA) is 274 Å². The molecule has 0 saturated carbocycles. The molecule has 19 nitrogen and oxygen atoms in total. The highest BCUT2D eigenvalue weighted by molar-refractivity contribution is 7.85. The van der Waals surface area contributed by atoms with Crippen molar-refractivity contribution in [2.45, 2.75) is 45.9 Å². The van der Waals surface area contributed by atoms with Crippen molar-refractivity contribution in [1.29, 1.82) is 5.26 Å². The number of alkyl carbamates (subject to hydrolysis) is 2. The molecule has 0 radical (unpaired) electrons. The third kappa shape index (κ3) is 13.8. The number of nitriles is 1. The Morgan fingerprint density at radius 1 is 1.02 bits per heavy atom. The molecular formula is C38H43N9O10S2. The van der Waals surface area contributed by atoms with Gasteiger partial charge in [0.25, 0.3) is 10.1 Å². The lowest BCUT2D eigenvalue weighted by molar-refractivity contribution is -0.149. The van der Waals surface area contributed by atoms with E-state index in [0.29, 0.717) is 21.7 Å². The maximum absolute atomic E-state index is 12.7. The minimum atomic E-state index is -4.15. The van der Waals surface area contributed by atoms with Crippen LogP contribution in [-0.2, 0) is 42.3 Å². The SMILES string of the molecule is CC(C)(C)OC(=O)/C(C#N)=C/c1cc2ccc(N(CCOC(=O)NCCCS(=O)(=O)O)CCOC(=O)NCc3ccc(COc4nc(N)nc5[nH]cnc45)cc3)cc2s1. The van der Waals surface area contributed by atoms with E-state index in [4.69, 9.17) is 29.2 Å². The largest absolute Gasteiger partial charge is 0.471 e. The lowest BCUT2D eigenvalue weighted by atomic mass is 10.1. The van der Waals surface area contributed by atoms with Crippen LogP contribution in [0.15, 0.2) is 60.4 Å². The highest BCUT2D eigenvalue weighted by Gasteiger charge is 2.20. The Kier molecular flexibility index (Phi) is 14.6. The van der Waals surface area contributed by atoms with Gasteiger partial charge < -0.3 is 45.2 Å². The second-order valence-electron chi connectivity index (χ2n) is 13.8. The molecule has 0 spiro atoms. The molecule has 0 aliphatic heterocycles. The van der Waals surface area contributed by atoms with Crippen LogP contribution in [0.3, 0.4) is 0 Å². The number of carbonyl (C=O) groups is 3. The highest BCUT2D eigenvalue weighted by Crippen LogP contribution is 2.31. The Bertz CT molecular complexity index is 2460. The van der Waals surface area contributed by atoms with Crippen LogP contribution in [0.25, 0.3) is 27.3 Å². The van der Waals surface area contributed by atoms with Crippen molar-refractivity contribution in [1.82, 2.24) is 30.6 Å². The number of nitrogens with one attached hydrogen (secondary N) is 3. The van der Waals surface area contributed by atoms with Crippen molar-refractivity contribution >= 4 is 78.6 Å². The minimum absolute atomic E-state index is 0.00238. The average Bonchev–Trinajstić information content (AvgIpc) is 3.82. The van der Waals surface area contributed by atoms with E-state index in [0.717, 1.165) is 21.2 Å². The molecular weight excluding hydrogens is 807 g/mol. The number of benzene rings is 2. The normalized spacial score (nSPS) is 11.8. The van der Waals surface area contributed by atoms with E-state index in [1.54, 1.807) is 20.8 Å². The van der Waals surface area contributed by atoms with Crippen molar-refractivity contribution in [3.05, 3.63) is 76.4 Å². The molecule has 312 valence electrons. The number of hydrogen-bond donors (Lipinski definition) is 5. The number of hydrogen-bond acceptors (Lipinski definition) is 16. The van der Waals surface area contributed by atoms with Gasteiger partial charge in [0.15, 0.2) is 11.2 Å². The van der Waals surface area contributed by atoms with E-state index in [1.165, 1.54) is 23.7 Å². The lowest BCUT2D eigenvalue weighted by Gasteiger charge is -2.24.